The molecule has 30 heavy (non-hydrogen) atoms. The van der Waals surface area contributed by atoms with Gasteiger partial charge in [-0.15, -0.1) is 0 Å². The van der Waals surface area contributed by atoms with Gasteiger partial charge in [0.15, 0.2) is 0 Å². The van der Waals surface area contributed by atoms with Gasteiger partial charge in [0.2, 0.25) is 5.95 Å². The van der Waals surface area contributed by atoms with Crippen LogP contribution in [-0.2, 0) is 11.3 Å². The maximum absolute atomic E-state index is 12.1. The third-order valence-electron chi connectivity index (χ3n) is 4.12. The number of aromatic nitrogens is 4. The Hall–Kier alpha value is -3.48. The molecule has 154 valence electrons. The van der Waals surface area contributed by atoms with E-state index in [-0.39, 0.29) is 5.91 Å². The molecule has 2 aromatic heterocycles. The number of nitrogens with one attached hydrogen (secondary N) is 2. The van der Waals surface area contributed by atoms with Crippen LogP contribution in [0.1, 0.15) is 17.3 Å². The summed E-state index contributed by atoms with van der Waals surface area (Å²) in [6.45, 7) is 2.81. The summed E-state index contributed by atoms with van der Waals surface area (Å²) in [5.74, 6) is 0.0441. The second kappa shape index (κ2) is 9.82. The molecule has 0 radical (unpaired) electrons. The summed E-state index contributed by atoms with van der Waals surface area (Å²) in [7, 11) is 1.64. The maximum atomic E-state index is 12.1. The van der Waals surface area contributed by atoms with Gasteiger partial charge in [0, 0.05) is 24.4 Å². The number of anilines is 2. The number of halogens is 1. The van der Waals surface area contributed by atoms with Gasteiger partial charge in [0.05, 0.1) is 48.0 Å². The molecular weight excluding hydrogens is 406 g/mol. The van der Waals surface area contributed by atoms with Crippen LogP contribution in [0.2, 0.25) is 5.02 Å². The topological polar surface area (TPSA) is 118 Å². The number of carbonyl (C=O) groups excluding carboxylic acids is 1. The number of rotatable bonds is 8. The molecule has 3 rings (SSSR count). The number of nitrogens with zero attached hydrogens (tertiary/aromatic N) is 5. The molecule has 0 fully saturated rings. The van der Waals surface area contributed by atoms with Crippen molar-refractivity contribution < 1.29 is 9.53 Å². The Morgan fingerprint density at radius 3 is 2.80 bits per heavy atom. The van der Waals surface area contributed by atoms with Crippen molar-refractivity contribution in [1.82, 2.24) is 25.1 Å². The molecule has 0 saturated carbocycles. The molecule has 0 aliphatic rings. The zero-order valence-corrected chi connectivity index (χ0v) is 17.2. The second-order valence-electron chi connectivity index (χ2n) is 6.40. The van der Waals surface area contributed by atoms with Gasteiger partial charge in [-0.3, -0.25) is 9.48 Å². The van der Waals surface area contributed by atoms with Gasteiger partial charge in [-0.2, -0.15) is 10.4 Å². The fraction of sp³-hybridized carbons (Fsp3) is 0.250. The van der Waals surface area contributed by atoms with Gasteiger partial charge >= 0.3 is 0 Å². The Morgan fingerprint density at radius 1 is 1.33 bits per heavy atom. The fourth-order valence-corrected chi connectivity index (χ4v) is 2.79. The molecule has 0 aliphatic heterocycles. The lowest BCUT2D eigenvalue weighted by Crippen LogP contribution is -2.31. The third kappa shape index (κ3) is 5.31. The highest BCUT2D eigenvalue weighted by molar-refractivity contribution is 6.32. The Bertz CT molecular complexity index is 1060. The van der Waals surface area contributed by atoms with E-state index in [9.17, 15) is 4.79 Å². The Balaban J connectivity index is 1.76. The van der Waals surface area contributed by atoms with Crippen LogP contribution in [0.15, 0.2) is 42.9 Å². The predicted octanol–water partition coefficient (Wildman–Crippen LogP) is 3.03. The molecule has 9 nitrogen and oxygen atoms in total. The summed E-state index contributed by atoms with van der Waals surface area (Å²) in [6, 6.07) is 8.19. The zero-order chi connectivity index (χ0) is 21.5. The quantitative estimate of drug-likeness (QED) is 0.569. The summed E-state index contributed by atoms with van der Waals surface area (Å²) < 4.78 is 6.79. The average Bonchev–Trinajstić information content (AvgIpc) is 3.20. The number of hydrogen-bond donors (Lipinski definition) is 2. The van der Waals surface area contributed by atoms with E-state index in [1.165, 1.54) is 6.20 Å². The highest BCUT2D eigenvalue weighted by Crippen LogP contribution is 2.27. The molecule has 0 spiro atoms. The summed E-state index contributed by atoms with van der Waals surface area (Å²) in [4.78, 5) is 20.8. The van der Waals surface area contributed by atoms with Crippen molar-refractivity contribution in [3.05, 3.63) is 53.4 Å². The van der Waals surface area contributed by atoms with Crippen LogP contribution in [0, 0.1) is 11.3 Å². The first-order chi connectivity index (χ1) is 14.5. The van der Waals surface area contributed by atoms with Crippen LogP contribution < -0.4 is 10.6 Å². The molecule has 10 heteroatoms. The maximum Gasteiger partial charge on any atom is 0.252 e. The van der Waals surface area contributed by atoms with Gasteiger partial charge in [0.1, 0.15) is 6.04 Å². The number of nitriles is 1. The van der Waals surface area contributed by atoms with Crippen LogP contribution in [0.4, 0.5) is 11.6 Å². The number of methoxy groups -OCH3 is 1. The molecule has 1 atom stereocenters. The summed E-state index contributed by atoms with van der Waals surface area (Å²) in [5, 5.41) is 19.1. The largest absolute Gasteiger partial charge is 0.383 e. The van der Waals surface area contributed by atoms with Crippen molar-refractivity contribution >= 4 is 29.1 Å². The Morgan fingerprint density at radius 2 is 2.10 bits per heavy atom. The fourth-order valence-electron chi connectivity index (χ4n) is 2.59. The number of carbonyl (C=O) groups is 1. The number of ether oxygens (including phenoxy) is 1. The Kier molecular flexibility index (Phi) is 6.95. The van der Waals surface area contributed by atoms with E-state index in [0.717, 1.165) is 11.3 Å². The third-order valence-corrected chi connectivity index (χ3v) is 4.40. The number of amides is 1. The standard InChI is InChI=1S/C20H20ClN7O2/c1-13(9-22)25-19(29)15-5-3-14(4-6-15)18-17(21)11-23-20(27-18)26-16-10-24-28(12-16)7-8-30-2/h3-6,10-13H,7-8H2,1-2H3,(H,25,29)(H,23,26,27)/t13-/m0/s1. The summed E-state index contributed by atoms with van der Waals surface area (Å²) in [6.07, 6.45) is 5.01. The molecule has 0 saturated heterocycles. The lowest BCUT2D eigenvalue weighted by atomic mass is 10.1. The molecule has 2 N–H and O–H groups in total. The van der Waals surface area contributed by atoms with Crippen LogP contribution in [0.5, 0.6) is 0 Å². The van der Waals surface area contributed by atoms with E-state index in [4.69, 9.17) is 21.6 Å². The molecule has 0 bridgehead atoms. The minimum atomic E-state index is -0.569. The second-order valence-corrected chi connectivity index (χ2v) is 6.81. The molecule has 3 aromatic rings. The van der Waals surface area contributed by atoms with Gasteiger partial charge < -0.3 is 15.4 Å². The first-order valence-corrected chi connectivity index (χ1v) is 9.50. The lowest BCUT2D eigenvalue weighted by molar-refractivity contribution is 0.0948. The minimum absolute atomic E-state index is 0.322. The monoisotopic (exact) mass is 425 g/mol. The van der Waals surface area contributed by atoms with Gasteiger partial charge in [-0.05, 0) is 19.1 Å². The summed E-state index contributed by atoms with van der Waals surface area (Å²) in [5.41, 5.74) is 2.43. The van der Waals surface area contributed by atoms with Crippen LogP contribution in [0.3, 0.4) is 0 Å². The minimum Gasteiger partial charge on any atom is -0.383 e. The van der Waals surface area contributed by atoms with E-state index in [1.807, 2.05) is 12.3 Å². The lowest BCUT2D eigenvalue weighted by Gasteiger charge is -2.09. The SMILES string of the molecule is COCCn1cc(Nc2ncc(Cl)c(-c3ccc(C(=O)N[C@@H](C)C#N)cc3)n2)cn1. The molecule has 0 unspecified atom stereocenters. The molecule has 1 amide bonds. The van der Waals surface area contributed by atoms with Crippen LogP contribution >= 0.6 is 11.6 Å². The molecular formula is C20H20ClN7O2. The van der Waals surface area contributed by atoms with E-state index in [0.29, 0.717) is 35.4 Å². The number of benzene rings is 1. The van der Waals surface area contributed by atoms with Crippen molar-refractivity contribution in [3.8, 4) is 17.3 Å². The van der Waals surface area contributed by atoms with Crippen molar-refractivity contribution in [1.29, 1.82) is 5.26 Å². The van der Waals surface area contributed by atoms with Crippen molar-refractivity contribution in [2.75, 3.05) is 19.0 Å². The number of hydrogen-bond acceptors (Lipinski definition) is 7. The zero-order valence-electron chi connectivity index (χ0n) is 16.5. The average molecular weight is 426 g/mol. The van der Waals surface area contributed by atoms with E-state index >= 15 is 0 Å². The van der Waals surface area contributed by atoms with E-state index in [1.54, 1.807) is 49.2 Å². The van der Waals surface area contributed by atoms with Crippen LogP contribution in [-0.4, -0.2) is 45.4 Å². The van der Waals surface area contributed by atoms with Gasteiger partial charge in [-0.1, -0.05) is 23.7 Å². The van der Waals surface area contributed by atoms with Gasteiger partial charge in [-0.25, -0.2) is 9.97 Å². The predicted molar refractivity (Wildman–Crippen MR) is 112 cm³/mol. The molecule has 2 heterocycles. The van der Waals surface area contributed by atoms with Gasteiger partial charge in [0.25, 0.3) is 5.91 Å². The van der Waals surface area contributed by atoms with E-state index in [2.05, 4.69) is 25.7 Å². The Labute approximate surface area is 178 Å². The summed E-state index contributed by atoms with van der Waals surface area (Å²) >= 11 is 6.29. The highest BCUT2D eigenvalue weighted by atomic mass is 35.5. The van der Waals surface area contributed by atoms with E-state index < -0.39 is 6.04 Å². The molecule has 1 aromatic carbocycles. The van der Waals surface area contributed by atoms with Crippen molar-refractivity contribution in [2.24, 2.45) is 0 Å². The smallest absolute Gasteiger partial charge is 0.252 e. The highest BCUT2D eigenvalue weighted by Gasteiger charge is 2.12. The van der Waals surface area contributed by atoms with Crippen LogP contribution in [0.25, 0.3) is 11.3 Å². The van der Waals surface area contributed by atoms with Crippen molar-refractivity contribution in [2.45, 2.75) is 19.5 Å². The normalized spacial score (nSPS) is 11.5. The molecule has 0 aliphatic carbocycles. The first-order valence-electron chi connectivity index (χ1n) is 9.12. The first kappa shape index (κ1) is 21.2. The van der Waals surface area contributed by atoms with Crippen molar-refractivity contribution in [3.63, 3.8) is 0 Å².